The smallest absolute Gasteiger partial charge is 0.270 e. The van der Waals surface area contributed by atoms with Crippen molar-refractivity contribution in [1.82, 2.24) is 5.32 Å². The van der Waals surface area contributed by atoms with Crippen LogP contribution in [0, 0.1) is 21.4 Å². The zero-order chi connectivity index (χ0) is 13.8. The first kappa shape index (κ1) is 12.8. The summed E-state index contributed by atoms with van der Waals surface area (Å²) in [5.74, 6) is -0.434. The van der Waals surface area contributed by atoms with Gasteiger partial charge in [0, 0.05) is 18.2 Å². The summed E-state index contributed by atoms with van der Waals surface area (Å²) in [6, 6.07) is 7.77. The van der Waals surface area contributed by atoms with Crippen LogP contribution >= 0.6 is 0 Å². The van der Waals surface area contributed by atoms with Gasteiger partial charge in [-0.1, -0.05) is 12.1 Å². The molecule has 1 aliphatic rings. The lowest BCUT2D eigenvalue weighted by Crippen LogP contribution is -2.26. The van der Waals surface area contributed by atoms with E-state index in [1.807, 2.05) is 6.07 Å². The van der Waals surface area contributed by atoms with Crippen molar-refractivity contribution in [2.75, 3.05) is 0 Å². The number of amides is 1. The fourth-order valence-electron chi connectivity index (χ4n) is 1.53. The second kappa shape index (κ2) is 5.31. The SMILES string of the molecule is N#CC(=Cc1cccc([N+](=O)[O-])c1)C(=O)NC1CC1. The molecule has 2 rings (SSSR count). The number of nitro benzene ring substituents is 1. The number of hydrogen-bond acceptors (Lipinski definition) is 4. The highest BCUT2D eigenvalue weighted by molar-refractivity contribution is 6.02. The van der Waals surface area contributed by atoms with Crippen LogP contribution in [0.3, 0.4) is 0 Å². The largest absolute Gasteiger partial charge is 0.349 e. The van der Waals surface area contributed by atoms with Crippen LogP contribution in [-0.4, -0.2) is 16.9 Å². The summed E-state index contributed by atoms with van der Waals surface area (Å²) in [6.45, 7) is 0. The summed E-state index contributed by atoms with van der Waals surface area (Å²) < 4.78 is 0. The maximum absolute atomic E-state index is 11.7. The Morgan fingerprint density at radius 2 is 2.26 bits per heavy atom. The number of rotatable bonds is 4. The van der Waals surface area contributed by atoms with Crippen LogP contribution in [0.1, 0.15) is 18.4 Å². The lowest BCUT2D eigenvalue weighted by Gasteiger charge is -2.01. The van der Waals surface area contributed by atoms with Gasteiger partial charge in [0.1, 0.15) is 11.6 Å². The summed E-state index contributed by atoms with van der Waals surface area (Å²) in [5, 5.41) is 22.3. The van der Waals surface area contributed by atoms with Gasteiger partial charge in [-0.05, 0) is 24.5 Å². The van der Waals surface area contributed by atoms with Crippen molar-refractivity contribution in [3.63, 3.8) is 0 Å². The molecule has 0 aliphatic heterocycles. The second-order valence-electron chi connectivity index (χ2n) is 4.27. The zero-order valence-corrected chi connectivity index (χ0v) is 10.00. The molecular weight excluding hydrogens is 246 g/mol. The van der Waals surface area contributed by atoms with Crippen LogP contribution < -0.4 is 5.32 Å². The molecule has 1 aromatic rings. The number of benzene rings is 1. The third-order valence-corrected chi connectivity index (χ3v) is 2.67. The molecule has 1 saturated carbocycles. The van der Waals surface area contributed by atoms with E-state index in [1.165, 1.54) is 24.3 Å². The number of nitrogens with one attached hydrogen (secondary N) is 1. The van der Waals surface area contributed by atoms with E-state index in [1.54, 1.807) is 6.07 Å². The number of nitro groups is 1. The van der Waals surface area contributed by atoms with Gasteiger partial charge in [-0.15, -0.1) is 0 Å². The average Bonchev–Trinajstić information content (AvgIpc) is 3.20. The Hall–Kier alpha value is -2.68. The molecule has 0 saturated heterocycles. The maximum Gasteiger partial charge on any atom is 0.270 e. The minimum Gasteiger partial charge on any atom is -0.349 e. The molecule has 1 aliphatic carbocycles. The van der Waals surface area contributed by atoms with Crippen LogP contribution in [0.5, 0.6) is 0 Å². The average molecular weight is 257 g/mol. The first-order valence-electron chi connectivity index (χ1n) is 5.77. The van der Waals surface area contributed by atoms with E-state index in [2.05, 4.69) is 5.32 Å². The highest BCUT2D eigenvalue weighted by atomic mass is 16.6. The first-order valence-corrected chi connectivity index (χ1v) is 5.77. The van der Waals surface area contributed by atoms with E-state index in [-0.39, 0.29) is 17.3 Å². The Balaban J connectivity index is 2.21. The molecule has 6 nitrogen and oxygen atoms in total. The number of nitriles is 1. The number of carbonyl (C=O) groups excluding carboxylic acids is 1. The minimum absolute atomic E-state index is 0.0487. The molecule has 0 bridgehead atoms. The van der Waals surface area contributed by atoms with Crippen molar-refractivity contribution in [1.29, 1.82) is 5.26 Å². The zero-order valence-electron chi connectivity index (χ0n) is 10.00. The van der Waals surface area contributed by atoms with E-state index in [4.69, 9.17) is 5.26 Å². The van der Waals surface area contributed by atoms with Crippen molar-refractivity contribution in [2.45, 2.75) is 18.9 Å². The molecule has 0 unspecified atom stereocenters. The van der Waals surface area contributed by atoms with Gasteiger partial charge in [0.2, 0.25) is 0 Å². The number of hydrogen-bond donors (Lipinski definition) is 1. The number of carbonyl (C=O) groups is 1. The van der Waals surface area contributed by atoms with Crippen molar-refractivity contribution in [3.05, 3.63) is 45.5 Å². The molecule has 6 heteroatoms. The molecule has 19 heavy (non-hydrogen) atoms. The molecule has 1 amide bonds. The summed E-state index contributed by atoms with van der Waals surface area (Å²) in [6.07, 6.45) is 3.22. The first-order chi connectivity index (χ1) is 9.10. The molecule has 1 fully saturated rings. The molecule has 0 spiro atoms. The van der Waals surface area contributed by atoms with Crippen LogP contribution in [-0.2, 0) is 4.79 Å². The van der Waals surface area contributed by atoms with Gasteiger partial charge in [0.15, 0.2) is 0 Å². The molecule has 1 N–H and O–H groups in total. The van der Waals surface area contributed by atoms with E-state index >= 15 is 0 Å². The fourth-order valence-corrected chi connectivity index (χ4v) is 1.53. The normalized spacial score (nSPS) is 14.6. The Morgan fingerprint density at radius 1 is 1.53 bits per heavy atom. The van der Waals surface area contributed by atoms with E-state index in [9.17, 15) is 14.9 Å². The summed E-state index contributed by atoms with van der Waals surface area (Å²) >= 11 is 0. The third-order valence-electron chi connectivity index (χ3n) is 2.67. The number of non-ortho nitro benzene ring substituents is 1. The highest BCUT2D eigenvalue weighted by Crippen LogP contribution is 2.20. The Morgan fingerprint density at radius 3 is 2.84 bits per heavy atom. The van der Waals surface area contributed by atoms with Gasteiger partial charge >= 0.3 is 0 Å². The monoisotopic (exact) mass is 257 g/mol. The molecule has 0 radical (unpaired) electrons. The van der Waals surface area contributed by atoms with E-state index in [0.717, 1.165) is 12.8 Å². The molecule has 0 aromatic heterocycles. The van der Waals surface area contributed by atoms with Gasteiger partial charge in [-0.2, -0.15) is 5.26 Å². The predicted molar refractivity (Wildman–Crippen MR) is 67.9 cm³/mol. The van der Waals surface area contributed by atoms with Crippen molar-refractivity contribution >= 4 is 17.7 Å². The molecule has 96 valence electrons. The lowest BCUT2D eigenvalue weighted by atomic mass is 10.1. The van der Waals surface area contributed by atoms with Gasteiger partial charge < -0.3 is 5.32 Å². The van der Waals surface area contributed by atoms with Crippen molar-refractivity contribution in [2.24, 2.45) is 0 Å². The Kier molecular flexibility index (Phi) is 3.57. The maximum atomic E-state index is 11.7. The molecular formula is C13H11N3O3. The standard InChI is InChI=1S/C13H11N3O3/c14-8-10(13(17)15-11-4-5-11)6-9-2-1-3-12(7-9)16(18)19/h1-3,6-7,11H,4-5H2,(H,15,17). The van der Waals surface area contributed by atoms with Crippen LogP contribution in [0.25, 0.3) is 6.08 Å². The quantitative estimate of drug-likeness (QED) is 0.385. The summed E-state index contributed by atoms with van der Waals surface area (Å²) in [5.41, 5.74) is 0.331. The lowest BCUT2D eigenvalue weighted by molar-refractivity contribution is -0.384. The van der Waals surface area contributed by atoms with Crippen molar-refractivity contribution < 1.29 is 9.72 Å². The fraction of sp³-hybridized carbons (Fsp3) is 0.231. The van der Waals surface area contributed by atoms with Crippen LogP contribution in [0.2, 0.25) is 0 Å². The molecule has 0 heterocycles. The van der Waals surface area contributed by atoms with Crippen LogP contribution in [0.15, 0.2) is 29.8 Å². The predicted octanol–water partition coefficient (Wildman–Crippen LogP) is 1.78. The van der Waals surface area contributed by atoms with Crippen molar-refractivity contribution in [3.8, 4) is 6.07 Å². The van der Waals surface area contributed by atoms with Gasteiger partial charge in [-0.25, -0.2) is 0 Å². The Labute approximate surface area is 109 Å². The number of nitrogens with zero attached hydrogens (tertiary/aromatic N) is 2. The minimum atomic E-state index is -0.520. The molecule has 0 atom stereocenters. The van der Waals surface area contributed by atoms with Gasteiger partial charge in [-0.3, -0.25) is 14.9 Å². The van der Waals surface area contributed by atoms with Gasteiger partial charge in [0.05, 0.1) is 4.92 Å². The summed E-state index contributed by atoms with van der Waals surface area (Å²) in [7, 11) is 0. The Bertz CT molecular complexity index is 597. The molecule has 1 aromatic carbocycles. The third kappa shape index (κ3) is 3.39. The van der Waals surface area contributed by atoms with Gasteiger partial charge in [0.25, 0.3) is 11.6 Å². The topological polar surface area (TPSA) is 96.0 Å². The second-order valence-corrected chi connectivity index (χ2v) is 4.27. The summed E-state index contributed by atoms with van der Waals surface area (Å²) in [4.78, 5) is 21.8. The highest BCUT2D eigenvalue weighted by Gasteiger charge is 2.24. The van der Waals surface area contributed by atoms with E-state index < -0.39 is 10.8 Å². The van der Waals surface area contributed by atoms with E-state index in [0.29, 0.717) is 5.56 Å². The van der Waals surface area contributed by atoms with Crippen LogP contribution in [0.4, 0.5) is 5.69 Å².